The predicted molar refractivity (Wildman–Crippen MR) is 127 cm³/mol. The summed E-state index contributed by atoms with van der Waals surface area (Å²) >= 11 is 0. The van der Waals surface area contributed by atoms with Crippen molar-refractivity contribution in [1.82, 2.24) is 9.55 Å². The molecule has 36 heavy (non-hydrogen) atoms. The van der Waals surface area contributed by atoms with Gasteiger partial charge < -0.3 is 14.7 Å². The van der Waals surface area contributed by atoms with Crippen molar-refractivity contribution < 1.29 is 18.1 Å². The first-order valence-corrected chi connectivity index (χ1v) is 10.7. The number of aromatic nitrogens is 2. The molecular weight excluding hydrogens is 468 g/mol. The minimum atomic E-state index is -1.40. The zero-order chi connectivity index (χ0) is 25.6. The minimum absolute atomic E-state index is 0.199. The number of benzene rings is 3. The van der Waals surface area contributed by atoms with Crippen LogP contribution in [0.1, 0.15) is 22.6 Å². The Morgan fingerprint density at radius 3 is 2.47 bits per heavy atom. The Balaban J connectivity index is 1.80. The van der Waals surface area contributed by atoms with E-state index in [4.69, 9.17) is 10.2 Å². The van der Waals surface area contributed by atoms with E-state index in [1.165, 1.54) is 18.2 Å². The van der Waals surface area contributed by atoms with Crippen LogP contribution in [0.2, 0.25) is 0 Å². The molecule has 0 fully saturated rings. The first-order chi connectivity index (χ1) is 17.2. The maximum atomic E-state index is 14.0. The number of halogens is 2. The molecule has 0 radical (unpaired) electrons. The third kappa shape index (κ3) is 3.59. The van der Waals surface area contributed by atoms with E-state index < -0.39 is 22.1 Å². The molecule has 5 rings (SSSR count). The van der Waals surface area contributed by atoms with Gasteiger partial charge in [0.15, 0.2) is 11.6 Å². The molecule has 0 amide bonds. The van der Waals surface area contributed by atoms with Gasteiger partial charge in [0.1, 0.15) is 16.9 Å². The number of nitrogens with zero attached hydrogens (tertiary/aromatic N) is 4. The van der Waals surface area contributed by atoms with Crippen LogP contribution in [0.4, 0.5) is 14.5 Å². The number of nitriles is 1. The van der Waals surface area contributed by atoms with Crippen molar-refractivity contribution in [2.45, 2.75) is 5.54 Å². The SMILES string of the molecule is Cn1cncc1C(N)(c1ccc(C#N)cc1)c1cc2cc([N+](=O)[O-])cc(-c3ccc(F)c(F)c3)c2o1. The fraction of sp³-hybridized carbons (Fsp3) is 0.0769. The Hall–Kier alpha value is -4.88. The largest absolute Gasteiger partial charge is 0.458 e. The first kappa shape index (κ1) is 22.9. The standard InChI is InChI=1S/C26H17F2N5O3/c1-32-14-31-13-23(32)26(30,18-5-2-15(12-29)3-6-18)24-10-17-8-19(33(34)35)11-20(25(17)36-24)16-4-7-21(27)22(28)9-16/h2-11,13-14H,30H2,1H3. The summed E-state index contributed by atoms with van der Waals surface area (Å²) in [4.78, 5) is 15.2. The summed E-state index contributed by atoms with van der Waals surface area (Å²) in [5.41, 5.74) is 7.54. The van der Waals surface area contributed by atoms with Crippen molar-refractivity contribution in [2.24, 2.45) is 12.8 Å². The zero-order valence-electron chi connectivity index (χ0n) is 18.8. The summed E-state index contributed by atoms with van der Waals surface area (Å²) in [6.45, 7) is 0. The minimum Gasteiger partial charge on any atom is -0.458 e. The second-order valence-corrected chi connectivity index (χ2v) is 8.30. The predicted octanol–water partition coefficient (Wildman–Crippen LogP) is 5.14. The molecule has 0 saturated heterocycles. The van der Waals surface area contributed by atoms with Gasteiger partial charge in [-0.15, -0.1) is 0 Å². The highest BCUT2D eigenvalue weighted by molar-refractivity contribution is 5.95. The number of nitro benzene ring substituents is 1. The lowest BCUT2D eigenvalue weighted by molar-refractivity contribution is -0.384. The maximum absolute atomic E-state index is 14.0. The van der Waals surface area contributed by atoms with Crippen LogP contribution in [0.3, 0.4) is 0 Å². The molecule has 0 aliphatic rings. The number of fused-ring (bicyclic) bond motifs is 1. The Kier molecular flexibility index (Phi) is 5.35. The number of hydrogen-bond acceptors (Lipinski definition) is 6. The lowest BCUT2D eigenvalue weighted by Crippen LogP contribution is -2.40. The van der Waals surface area contributed by atoms with E-state index in [0.29, 0.717) is 22.2 Å². The Labute approximate surface area is 203 Å². The first-order valence-electron chi connectivity index (χ1n) is 10.7. The van der Waals surface area contributed by atoms with Gasteiger partial charge in [0.2, 0.25) is 0 Å². The molecule has 0 aliphatic heterocycles. The average molecular weight is 485 g/mol. The van der Waals surface area contributed by atoms with Crippen LogP contribution in [0.5, 0.6) is 0 Å². The van der Waals surface area contributed by atoms with Crippen molar-refractivity contribution in [3.63, 3.8) is 0 Å². The lowest BCUT2D eigenvalue weighted by atomic mass is 9.84. The third-order valence-corrected chi connectivity index (χ3v) is 6.12. The number of aryl methyl sites for hydroxylation is 1. The molecule has 2 N–H and O–H groups in total. The molecule has 5 aromatic rings. The van der Waals surface area contributed by atoms with Crippen molar-refractivity contribution in [3.05, 3.63) is 118 Å². The van der Waals surface area contributed by atoms with Gasteiger partial charge in [-0.3, -0.25) is 10.1 Å². The van der Waals surface area contributed by atoms with Crippen molar-refractivity contribution in [1.29, 1.82) is 5.26 Å². The molecule has 3 aromatic carbocycles. The summed E-state index contributed by atoms with van der Waals surface area (Å²) in [7, 11) is 1.76. The summed E-state index contributed by atoms with van der Waals surface area (Å²) < 4.78 is 35.6. The fourth-order valence-electron chi connectivity index (χ4n) is 4.28. The van der Waals surface area contributed by atoms with Gasteiger partial charge in [-0.2, -0.15) is 5.26 Å². The molecule has 0 bridgehead atoms. The van der Waals surface area contributed by atoms with E-state index in [2.05, 4.69) is 11.1 Å². The number of hydrogen-bond donors (Lipinski definition) is 1. The van der Waals surface area contributed by atoms with Crippen molar-refractivity contribution >= 4 is 16.7 Å². The molecule has 1 unspecified atom stereocenters. The third-order valence-electron chi connectivity index (χ3n) is 6.12. The van der Waals surface area contributed by atoms with Crippen LogP contribution in [0.25, 0.3) is 22.1 Å². The number of imidazole rings is 1. The maximum Gasteiger partial charge on any atom is 0.270 e. The van der Waals surface area contributed by atoms with Crippen molar-refractivity contribution in [3.8, 4) is 17.2 Å². The topological polar surface area (TPSA) is 124 Å². The summed E-state index contributed by atoms with van der Waals surface area (Å²) in [5, 5.41) is 21.2. The van der Waals surface area contributed by atoms with Crippen LogP contribution in [0.15, 0.2) is 77.6 Å². The molecular formula is C26H17F2N5O3. The van der Waals surface area contributed by atoms with Crippen LogP contribution >= 0.6 is 0 Å². The zero-order valence-corrected chi connectivity index (χ0v) is 18.8. The Bertz CT molecular complexity index is 1680. The Morgan fingerprint density at radius 1 is 1.11 bits per heavy atom. The number of furan rings is 1. The molecule has 10 heteroatoms. The highest BCUT2D eigenvalue weighted by Crippen LogP contribution is 2.41. The smallest absolute Gasteiger partial charge is 0.270 e. The van der Waals surface area contributed by atoms with Crippen LogP contribution < -0.4 is 5.73 Å². The number of rotatable bonds is 5. The number of non-ortho nitro benzene ring substituents is 1. The molecule has 0 aliphatic carbocycles. The van der Waals surface area contributed by atoms with Crippen LogP contribution in [-0.2, 0) is 12.6 Å². The monoisotopic (exact) mass is 485 g/mol. The number of nitro groups is 1. The quantitative estimate of drug-likeness (QED) is 0.271. The number of nitrogens with two attached hydrogens (primary N) is 1. The normalized spacial score (nSPS) is 12.9. The van der Waals surface area contributed by atoms with Crippen LogP contribution in [-0.4, -0.2) is 14.5 Å². The van der Waals surface area contributed by atoms with Gasteiger partial charge in [0, 0.05) is 30.1 Å². The van der Waals surface area contributed by atoms with E-state index >= 15 is 0 Å². The Morgan fingerprint density at radius 2 is 1.86 bits per heavy atom. The van der Waals surface area contributed by atoms with Gasteiger partial charge in [0.05, 0.1) is 34.8 Å². The molecule has 1 atom stereocenters. The van der Waals surface area contributed by atoms with Gasteiger partial charge in [-0.05, 0) is 41.5 Å². The van der Waals surface area contributed by atoms with Gasteiger partial charge >= 0.3 is 0 Å². The van der Waals surface area contributed by atoms with E-state index in [1.54, 1.807) is 54.5 Å². The molecule has 0 spiro atoms. The summed E-state index contributed by atoms with van der Waals surface area (Å²) in [6, 6.07) is 16.0. The lowest BCUT2D eigenvalue weighted by Gasteiger charge is -2.28. The van der Waals surface area contributed by atoms with Crippen LogP contribution in [0, 0.1) is 33.1 Å². The van der Waals surface area contributed by atoms with Gasteiger partial charge in [0.25, 0.3) is 5.69 Å². The molecule has 8 nitrogen and oxygen atoms in total. The van der Waals surface area contributed by atoms with Gasteiger partial charge in [-0.1, -0.05) is 18.2 Å². The van der Waals surface area contributed by atoms with E-state index in [1.807, 2.05) is 0 Å². The second-order valence-electron chi connectivity index (χ2n) is 8.30. The fourth-order valence-corrected chi connectivity index (χ4v) is 4.28. The highest BCUT2D eigenvalue weighted by atomic mass is 19.2. The van der Waals surface area contributed by atoms with E-state index in [9.17, 15) is 24.2 Å². The second kappa shape index (κ2) is 8.41. The van der Waals surface area contributed by atoms with E-state index in [0.717, 1.165) is 12.1 Å². The summed E-state index contributed by atoms with van der Waals surface area (Å²) in [6.07, 6.45) is 3.14. The average Bonchev–Trinajstić information content (AvgIpc) is 3.51. The molecule has 2 heterocycles. The molecule has 0 saturated carbocycles. The molecule has 2 aromatic heterocycles. The van der Waals surface area contributed by atoms with E-state index in [-0.39, 0.29) is 28.2 Å². The molecule has 178 valence electrons. The highest BCUT2D eigenvalue weighted by Gasteiger charge is 2.38. The summed E-state index contributed by atoms with van der Waals surface area (Å²) in [5.74, 6) is -1.91. The van der Waals surface area contributed by atoms with Gasteiger partial charge in [-0.25, -0.2) is 13.8 Å². The van der Waals surface area contributed by atoms with Crippen molar-refractivity contribution in [2.75, 3.05) is 0 Å².